The fraction of sp³-hybridized carbons (Fsp3) is 0.611. The van der Waals surface area contributed by atoms with E-state index in [2.05, 4.69) is 5.32 Å². The van der Waals surface area contributed by atoms with Crippen molar-refractivity contribution in [3.8, 4) is 0 Å². The molecule has 1 saturated heterocycles. The average Bonchev–Trinajstić information content (AvgIpc) is 3.10. The number of carbonyl (C=O) groups is 1. The maximum Gasteiger partial charge on any atom is 0.220 e. The number of rotatable bonds is 6. The summed E-state index contributed by atoms with van der Waals surface area (Å²) < 4.78 is 25.9. The summed E-state index contributed by atoms with van der Waals surface area (Å²) in [5.41, 5.74) is 8.93. The monoisotopic (exact) mass is 401 g/mol. The minimum atomic E-state index is -3.20. The highest BCUT2D eigenvalue weighted by molar-refractivity contribution is 7.89. The molecule has 0 spiro atoms. The highest BCUT2D eigenvalue weighted by Gasteiger charge is 2.26. The van der Waals surface area contributed by atoms with Crippen molar-refractivity contribution in [3.05, 3.63) is 29.3 Å². The summed E-state index contributed by atoms with van der Waals surface area (Å²) >= 11 is 0. The quantitative estimate of drug-likeness (QED) is 0.716. The van der Waals surface area contributed by atoms with Gasteiger partial charge in [-0.2, -0.15) is 0 Å². The van der Waals surface area contributed by atoms with Gasteiger partial charge in [-0.15, -0.1) is 12.4 Å². The zero-order valence-corrected chi connectivity index (χ0v) is 16.6. The highest BCUT2D eigenvalue weighted by Crippen LogP contribution is 2.31. The van der Waals surface area contributed by atoms with E-state index in [1.165, 1.54) is 5.56 Å². The highest BCUT2D eigenvalue weighted by atomic mass is 35.5. The van der Waals surface area contributed by atoms with Crippen LogP contribution in [0.5, 0.6) is 0 Å². The van der Waals surface area contributed by atoms with Gasteiger partial charge in [0.15, 0.2) is 0 Å². The smallest absolute Gasteiger partial charge is 0.220 e. The van der Waals surface area contributed by atoms with Crippen LogP contribution in [0.3, 0.4) is 0 Å². The normalized spacial score (nSPS) is 20.2. The van der Waals surface area contributed by atoms with Gasteiger partial charge in [0.1, 0.15) is 0 Å². The second-order valence-electron chi connectivity index (χ2n) is 7.00. The van der Waals surface area contributed by atoms with Crippen LogP contribution in [-0.2, 0) is 21.2 Å². The topological polar surface area (TPSA) is 92.5 Å². The van der Waals surface area contributed by atoms with Crippen molar-refractivity contribution in [3.63, 3.8) is 0 Å². The van der Waals surface area contributed by atoms with E-state index >= 15 is 0 Å². The zero-order chi connectivity index (χ0) is 17.9. The van der Waals surface area contributed by atoms with Gasteiger partial charge in [0.2, 0.25) is 15.9 Å². The summed E-state index contributed by atoms with van der Waals surface area (Å²) in [5, 5.41) is 3.06. The van der Waals surface area contributed by atoms with Gasteiger partial charge < -0.3 is 11.1 Å². The van der Waals surface area contributed by atoms with E-state index in [0.717, 1.165) is 43.4 Å². The van der Waals surface area contributed by atoms with Crippen molar-refractivity contribution in [1.82, 2.24) is 9.62 Å². The lowest BCUT2D eigenvalue weighted by atomic mass is 9.87. The van der Waals surface area contributed by atoms with E-state index in [1.807, 2.05) is 18.2 Å². The Morgan fingerprint density at radius 2 is 1.96 bits per heavy atom. The Kier molecular flexibility index (Phi) is 7.32. The number of nitrogens with one attached hydrogen (secondary N) is 1. The van der Waals surface area contributed by atoms with Crippen LogP contribution in [0.2, 0.25) is 0 Å². The number of hydrogen-bond donors (Lipinski definition) is 2. The molecule has 6 nitrogen and oxygen atoms in total. The van der Waals surface area contributed by atoms with Gasteiger partial charge in [0.05, 0.1) is 11.8 Å². The summed E-state index contributed by atoms with van der Waals surface area (Å²) in [6.07, 6.45) is 5.40. The molecule has 1 unspecified atom stereocenters. The van der Waals surface area contributed by atoms with Crippen molar-refractivity contribution in [1.29, 1.82) is 0 Å². The van der Waals surface area contributed by atoms with Crippen LogP contribution in [0.4, 0.5) is 5.69 Å². The lowest BCUT2D eigenvalue weighted by molar-refractivity contribution is -0.121. The molecule has 1 aliphatic heterocycles. The predicted octanol–water partition coefficient (Wildman–Crippen LogP) is 2.39. The van der Waals surface area contributed by atoms with Crippen LogP contribution < -0.4 is 11.1 Å². The SMILES string of the molecule is Cl.Nc1ccc2c(c1)CCCC2NC(=O)CCCS(=O)(=O)N1CCCC1. The molecule has 0 saturated carbocycles. The number of sulfonamides is 1. The molecule has 0 radical (unpaired) electrons. The molecule has 1 fully saturated rings. The predicted molar refractivity (Wildman–Crippen MR) is 106 cm³/mol. The van der Waals surface area contributed by atoms with Gasteiger partial charge in [0.25, 0.3) is 0 Å². The molecule has 1 atom stereocenters. The molecule has 1 heterocycles. The van der Waals surface area contributed by atoms with Gasteiger partial charge >= 0.3 is 0 Å². The van der Waals surface area contributed by atoms with Crippen LogP contribution >= 0.6 is 12.4 Å². The number of halogens is 1. The number of carbonyl (C=O) groups excluding carboxylic acids is 1. The molecule has 26 heavy (non-hydrogen) atoms. The van der Waals surface area contributed by atoms with E-state index in [4.69, 9.17) is 5.73 Å². The molecule has 146 valence electrons. The Hall–Kier alpha value is -1.31. The Balaban J connectivity index is 0.00000243. The van der Waals surface area contributed by atoms with E-state index in [9.17, 15) is 13.2 Å². The number of nitrogen functional groups attached to an aromatic ring is 1. The largest absolute Gasteiger partial charge is 0.399 e. The average molecular weight is 402 g/mol. The van der Waals surface area contributed by atoms with Crippen LogP contribution in [0.1, 0.15) is 55.7 Å². The number of hydrogen-bond acceptors (Lipinski definition) is 4. The number of nitrogens with two attached hydrogens (primary N) is 1. The lowest BCUT2D eigenvalue weighted by Gasteiger charge is -2.26. The Morgan fingerprint density at radius 1 is 1.23 bits per heavy atom. The third-order valence-corrected chi connectivity index (χ3v) is 7.04. The Morgan fingerprint density at radius 3 is 2.69 bits per heavy atom. The van der Waals surface area contributed by atoms with Crippen molar-refractivity contribution >= 4 is 34.0 Å². The number of aryl methyl sites for hydroxylation is 1. The van der Waals surface area contributed by atoms with E-state index < -0.39 is 10.0 Å². The van der Waals surface area contributed by atoms with Gasteiger partial charge in [-0.1, -0.05) is 6.07 Å². The summed E-state index contributed by atoms with van der Waals surface area (Å²) in [6.45, 7) is 1.24. The third kappa shape index (κ3) is 5.11. The summed E-state index contributed by atoms with van der Waals surface area (Å²) in [5.74, 6) is -0.0237. The number of nitrogens with zero attached hydrogens (tertiary/aromatic N) is 1. The van der Waals surface area contributed by atoms with Crippen LogP contribution in [0.25, 0.3) is 0 Å². The molecule has 3 rings (SSSR count). The number of fused-ring (bicyclic) bond motifs is 1. The molecular formula is C18H28ClN3O3S. The molecular weight excluding hydrogens is 374 g/mol. The summed E-state index contributed by atoms with van der Waals surface area (Å²) in [4.78, 5) is 12.3. The molecule has 0 bridgehead atoms. The van der Waals surface area contributed by atoms with Crippen LogP contribution in [0.15, 0.2) is 18.2 Å². The summed E-state index contributed by atoms with van der Waals surface area (Å²) in [6, 6.07) is 5.85. The van der Waals surface area contributed by atoms with Gasteiger partial charge in [0, 0.05) is 25.2 Å². The Bertz CT molecular complexity index is 733. The molecule has 2 aliphatic rings. The third-order valence-electron chi connectivity index (χ3n) is 5.08. The zero-order valence-electron chi connectivity index (χ0n) is 14.9. The van der Waals surface area contributed by atoms with Gasteiger partial charge in [-0.25, -0.2) is 12.7 Å². The van der Waals surface area contributed by atoms with E-state index in [0.29, 0.717) is 19.5 Å². The minimum absolute atomic E-state index is 0. The van der Waals surface area contributed by atoms with E-state index in [1.54, 1.807) is 4.31 Å². The van der Waals surface area contributed by atoms with Crippen molar-refractivity contribution in [2.45, 2.75) is 51.0 Å². The standard InChI is InChI=1S/C18H27N3O3S.ClH/c19-15-8-9-16-14(13-15)5-3-6-17(16)20-18(22)7-4-12-25(23,24)21-10-1-2-11-21;/h8-9,13,17H,1-7,10-12,19H2,(H,20,22);1H. The second-order valence-corrected chi connectivity index (χ2v) is 9.08. The molecule has 3 N–H and O–H groups in total. The molecule has 1 aromatic rings. The first kappa shape index (κ1) is 21.0. The number of amides is 1. The molecule has 1 aromatic carbocycles. The van der Waals surface area contributed by atoms with Gasteiger partial charge in [-0.3, -0.25) is 4.79 Å². The molecule has 8 heteroatoms. The lowest BCUT2D eigenvalue weighted by Crippen LogP contribution is -2.33. The molecule has 0 aromatic heterocycles. The second kappa shape index (κ2) is 9.06. The molecule has 1 amide bonds. The molecule has 1 aliphatic carbocycles. The fourth-order valence-electron chi connectivity index (χ4n) is 3.76. The van der Waals surface area contributed by atoms with Crippen LogP contribution in [-0.4, -0.2) is 37.5 Å². The maximum absolute atomic E-state index is 12.3. The first-order valence-electron chi connectivity index (χ1n) is 9.11. The Labute approximate surface area is 162 Å². The first-order chi connectivity index (χ1) is 12.0. The van der Waals surface area contributed by atoms with Crippen molar-refractivity contribution in [2.75, 3.05) is 24.6 Å². The van der Waals surface area contributed by atoms with Crippen LogP contribution in [0, 0.1) is 0 Å². The number of benzene rings is 1. The van der Waals surface area contributed by atoms with E-state index in [-0.39, 0.29) is 36.5 Å². The van der Waals surface area contributed by atoms with Crippen molar-refractivity contribution < 1.29 is 13.2 Å². The fourth-order valence-corrected chi connectivity index (χ4v) is 5.34. The first-order valence-corrected chi connectivity index (χ1v) is 10.7. The summed E-state index contributed by atoms with van der Waals surface area (Å²) in [7, 11) is -3.20. The van der Waals surface area contributed by atoms with Crippen molar-refractivity contribution in [2.24, 2.45) is 0 Å². The van der Waals surface area contributed by atoms with Gasteiger partial charge in [-0.05, 0) is 61.8 Å². The maximum atomic E-state index is 12.3. The minimum Gasteiger partial charge on any atom is -0.399 e. The number of anilines is 1.